The highest BCUT2D eigenvalue weighted by Crippen LogP contribution is 2.33. The Balaban J connectivity index is 1.79. The average Bonchev–Trinajstić information content (AvgIpc) is 2.56. The van der Waals surface area contributed by atoms with Crippen LogP contribution in [-0.2, 0) is 4.79 Å². The summed E-state index contributed by atoms with van der Waals surface area (Å²) in [5.41, 5.74) is 2.05. The summed E-state index contributed by atoms with van der Waals surface area (Å²) in [7, 11) is 2.12. The zero-order valence-electron chi connectivity index (χ0n) is 14.4. The molecule has 1 aliphatic rings. The molecule has 0 saturated carbocycles. The Bertz CT molecular complexity index is 766. The number of aromatic hydroxyl groups is 1. The van der Waals surface area contributed by atoms with Gasteiger partial charge in [0.1, 0.15) is 17.3 Å². The minimum Gasteiger partial charge on any atom is -0.507 e. The number of likely N-dealkylation sites (N-methyl/N-ethyl adjacent to an activating group) is 1. The van der Waals surface area contributed by atoms with E-state index in [-0.39, 0.29) is 11.5 Å². The Labute approximate surface area is 146 Å². The van der Waals surface area contributed by atoms with Crippen LogP contribution in [0.2, 0.25) is 0 Å². The third-order valence-electron chi connectivity index (χ3n) is 4.37. The fourth-order valence-electron chi connectivity index (χ4n) is 3.16. The van der Waals surface area contributed by atoms with Crippen molar-refractivity contribution in [3.8, 4) is 22.8 Å². The molecule has 7 nitrogen and oxygen atoms in total. The van der Waals surface area contributed by atoms with Crippen LogP contribution in [0.1, 0.15) is 18.4 Å². The van der Waals surface area contributed by atoms with Gasteiger partial charge in [-0.2, -0.15) is 0 Å². The molecule has 2 N–H and O–H groups in total. The summed E-state index contributed by atoms with van der Waals surface area (Å²) in [4.78, 5) is 12.7. The summed E-state index contributed by atoms with van der Waals surface area (Å²) in [6.45, 7) is 4.37. The van der Waals surface area contributed by atoms with Crippen LogP contribution in [0.3, 0.4) is 0 Å². The van der Waals surface area contributed by atoms with Gasteiger partial charge >= 0.3 is 0 Å². The lowest BCUT2D eigenvalue weighted by Crippen LogP contribution is -2.39. The third kappa shape index (κ3) is 4.06. The molecule has 1 aromatic carbocycles. The van der Waals surface area contributed by atoms with Gasteiger partial charge in [0, 0.05) is 24.2 Å². The van der Waals surface area contributed by atoms with Gasteiger partial charge in [-0.1, -0.05) is 0 Å². The number of likely N-dealkylation sites (tertiary alicyclic amines) is 1. The summed E-state index contributed by atoms with van der Waals surface area (Å²) in [6, 6.07) is 6.95. The molecule has 7 heteroatoms. The highest BCUT2D eigenvalue weighted by molar-refractivity contribution is 5.71. The lowest BCUT2D eigenvalue weighted by molar-refractivity contribution is -0.120. The highest BCUT2D eigenvalue weighted by Gasteiger charge is 2.18. The molecule has 2 aromatic rings. The van der Waals surface area contributed by atoms with Crippen molar-refractivity contribution >= 4 is 12.3 Å². The number of nitrogens with one attached hydrogen (secondary N) is 1. The van der Waals surface area contributed by atoms with E-state index < -0.39 is 0 Å². The van der Waals surface area contributed by atoms with Gasteiger partial charge in [0.25, 0.3) is 6.47 Å². The van der Waals surface area contributed by atoms with Gasteiger partial charge in [-0.25, -0.2) is 0 Å². The molecule has 1 fully saturated rings. The van der Waals surface area contributed by atoms with Gasteiger partial charge in [-0.15, -0.1) is 10.2 Å². The average molecular weight is 342 g/mol. The van der Waals surface area contributed by atoms with Crippen LogP contribution in [0.4, 0.5) is 5.82 Å². The minimum atomic E-state index is -0.00800. The lowest BCUT2D eigenvalue weighted by atomic mass is 10.1. The number of nitrogens with zero attached hydrogens (tertiary/aromatic N) is 3. The minimum absolute atomic E-state index is 0.00800. The molecule has 25 heavy (non-hydrogen) atoms. The monoisotopic (exact) mass is 342 g/mol. The number of anilines is 1. The normalized spacial score (nSPS) is 17.9. The fraction of sp³-hybridized carbons (Fsp3) is 0.389. The molecule has 0 bridgehead atoms. The molecule has 1 aromatic heterocycles. The quantitative estimate of drug-likeness (QED) is 0.805. The number of aromatic nitrogens is 2. The van der Waals surface area contributed by atoms with E-state index in [1.807, 2.05) is 13.0 Å². The number of rotatable bonds is 5. The first-order chi connectivity index (χ1) is 12.1. The number of carbonyl (C=O) groups excluding carboxylic acids is 1. The lowest BCUT2D eigenvalue weighted by Gasteiger charge is -2.30. The van der Waals surface area contributed by atoms with E-state index in [1.54, 1.807) is 12.1 Å². The van der Waals surface area contributed by atoms with Crippen molar-refractivity contribution in [3.05, 3.63) is 29.8 Å². The number of ether oxygens (including phenoxy) is 1. The van der Waals surface area contributed by atoms with E-state index in [0.29, 0.717) is 23.8 Å². The first kappa shape index (κ1) is 17.2. The molecule has 3 rings (SSSR count). The van der Waals surface area contributed by atoms with Crippen molar-refractivity contribution in [2.75, 3.05) is 25.5 Å². The number of piperidine rings is 1. The second-order valence-corrected chi connectivity index (χ2v) is 6.40. The predicted molar refractivity (Wildman–Crippen MR) is 94.7 cm³/mol. The molecule has 1 saturated heterocycles. The highest BCUT2D eigenvalue weighted by atomic mass is 16.5. The Morgan fingerprint density at radius 1 is 1.36 bits per heavy atom. The van der Waals surface area contributed by atoms with Crippen molar-refractivity contribution in [1.29, 1.82) is 0 Å². The standard InChI is InChI=1S/C18H22N4O3/c1-12-8-17(19-13-4-3-7-22(2)10-13)20-21-18(12)15-6-5-14(25-11-23)9-16(15)24/h5-6,8-9,11,13,24H,3-4,7,10H2,1-2H3,(H,19,20)/t13-/m1/s1. The maximum absolute atomic E-state index is 10.4. The van der Waals surface area contributed by atoms with Gasteiger partial charge in [-0.05, 0) is 57.1 Å². The Morgan fingerprint density at radius 3 is 2.88 bits per heavy atom. The molecule has 0 spiro atoms. The first-order valence-electron chi connectivity index (χ1n) is 8.30. The molecule has 2 heterocycles. The number of hydrogen-bond donors (Lipinski definition) is 2. The van der Waals surface area contributed by atoms with Gasteiger partial charge in [-0.3, -0.25) is 4.79 Å². The van der Waals surface area contributed by atoms with Crippen molar-refractivity contribution in [3.63, 3.8) is 0 Å². The molecular weight excluding hydrogens is 320 g/mol. The molecular formula is C18H22N4O3. The summed E-state index contributed by atoms with van der Waals surface area (Å²) in [6.07, 6.45) is 2.29. The van der Waals surface area contributed by atoms with Gasteiger partial charge < -0.3 is 20.1 Å². The smallest absolute Gasteiger partial charge is 0.298 e. The van der Waals surface area contributed by atoms with E-state index in [0.717, 1.165) is 30.9 Å². The molecule has 0 unspecified atom stereocenters. The van der Waals surface area contributed by atoms with Gasteiger partial charge in [0.15, 0.2) is 0 Å². The van der Waals surface area contributed by atoms with Crippen molar-refractivity contribution < 1.29 is 14.6 Å². The fourth-order valence-corrected chi connectivity index (χ4v) is 3.16. The van der Waals surface area contributed by atoms with Crippen LogP contribution in [-0.4, -0.2) is 52.9 Å². The first-order valence-corrected chi connectivity index (χ1v) is 8.30. The Morgan fingerprint density at radius 2 is 2.20 bits per heavy atom. The number of aryl methyl sites for hydroxylation is 1. The summed E-state index contributed by atoms with van der Waals surface area (Å²) in [5, 5.41) is 22.1. The van der Waals surface area contributed by atoms with E-state index in [4.69, 9.17) is 4.74 Å². The largest absolute Gasteiger partial charge is 0.507 e. The maximum atomic E-state index is 10.4. The molecule has 1 aliphatic heterocycles. The van der Waals surface area contributed by atoms with Crippen molar-refractivity contribution in [2.45, 2.75) is 25.8 Å². The molecule has 132 valence electrons. The van der Waals surface area contributed by atoms with Crippen molar-refractivity contribution in [2.24, 2.45) is 0 Å². The number of carbonyl (C=O) groups is 1. The summed E-state index contributed by atoms with van der Waals surface area (Å²) >= 11 is 0. The van der Waals surface area contributed by atoms with Crippen LogP contribution in [0.15, 0.2) is 24.3 Å². The third-order valence-corrected chi connectivity index (χ3v) is 4.37. The summed E-state index contributed by atoms with van der Waals surface area (Å²) in [5.74, 6) is 1.01. The topological polar surface area (TPSA) is 87.6 Å². The molecule has 0 aliphatic carbocycles. The summed E-state index contributed by atoms with van der Waals surface area (Å²) < 4.78 is 4.73. The molecule has 0 radical (unpaired) electrons. The predicted octanol–water partition coefficient (Wildman–Crippen LogP) is 2.20. The number of phenols is 1. The van der Waals surface area contributed by atoms with E-state index in [1.165, 1.54) is 12.5 Å². The van der Waals surface area contributed by atoms with Crippen LogP contribution in [0, 0.1) is 6.92 Å². The molecule has 0 amide bonds. The van der Waals surface area contributed by atoms with E-state index >= 15 is 0 Å². The van der Waals surface area contributed by atoms with Gasteiger partial charge in [0.2, 0.25) is 0 Å². The second-order valence-electron chi connectivity index (χ2n) is 6.40. The van der Waals surface area contributed by atoms with Crippen LogP contribution in [0.25, 0.3) is 11.3 Å². The van der Waals surface area contributed by atoms with E-state index in [2.05, 4.69) is 27.5 Å². The zero-order valence-corrected chi connectivity index (χ0v) is 14.4. The van der Waals surface area contributed by atoms with Crippen LogP contribution >= 0.6 is 0 Å². The van der Waals surface area contributed by atoms with Crippen LogP contribution in [0.5, 0.6) is 11.5 Å². The maximum Gasteiger partial charge on any atom is 0.298 e. The number of benzene rings is 1. The van der Waals surface area contributed by atoms with Gasteiger partial charge in [0.05, 0.1) is 5.69 Å². The second kappa shape index (κ2) is 7.48. The van der Waals surface area contributed by atoms with Crippen molar-refractivity contribution in [1.82, 2.24) is 15.1 Å². The number of phenolic OH excluding ortho intramolecular Hbond substituents is 1. The Hall–Kier alpha value is -2.67. The van der Waals surface area contributed by atoms with Crippen LogP contribution < -0.4 is 10.1 Å². The molecule has 1 atom stereocenters. The van der Waals surface area contributed by atoms with E-state index in [9.17, 15) is 9.90 Å². The SMILES string of the molecule is Cc1cc(N[C@@H]2CCCN(C)C2)nnc1-c1ccc(OC=O)cc1O. The zero-order chi connectivity index (χ0) is 17.8. The number of hydrogen-bond acceptors (Lipinski definition) is 7. The Kier molecular flexibility index (Phi) is 5.14.